The van der Waals surface area contributed by atoms with Gasteiger partial charge in [0.2, 0.25) is 0 Å². The van der Waals surface area contributed by atoms with E-state index in [2.05, 4.69) is 38.3 Å². The lowest BCUT2D eigenvalue weighted by Crippen LogP contribution is -2.35. The van der Waals surface area contributed by atoms with Crippen molar-refractivity contribution >= 4 is 11.7 Å². The number of amides is 2. The lowest BCUT2D eigenvalue weighted by molar-refractivity contribution is 0.251. The van der Waals surface area contributed by atoms with E-state index in [9.17, 15) is 4.79 Å². The number of nitrogens with one attached hydrogen (secondary N) is 2. The van der Waals surface area contributed by atoms with Crippen molar-refractivity contribution in [2.75, 3.05) is 11.9 Å². The Morgan fingerprint density at radius 2 is 2.00 bits per heavy atom. The molecule has 132 valence electrons. The van der Waals surface area contributed by atoms with Crippen LogP contribution < -0.4 is 10.6 Å². The molecule has 2 aromatic carbocycles. The average molecular weight is 348 g/mol. The summed E-state index contributed by atoms with van der Waals surface area (Å²) in [6, 6.07) is 15.8. The van der Waals surface area contributed by atoms with Gasteiger partial charge in [-0.05, 0) is 59.5 Å². The Labute approximate surface area is 151 Å². The van der Waals surface area contributed by atoms with Gasteiger partial charge in [0.05, 0.1) is 5.69 Å². The number of tetrazole rings is 1. The maximum absolute atomic E-state index is 12.3. The Balaban J connectivity index is 1.37. The third kappa shape index (κ3) is 3.28. The summed E-state index contributed by atoms with van der Waals surface area (Å²) in [6.45, 7) is 2.60. The molecule has 0 aliphatic heterocycles. The quantitative estimate of drug-likeness (QED) is 0.742. The molecule has 7 heteroatoms. The van der Waals surface area contributed by atoms with E-state index in [1.54, 1.807) is 11.0 Å². The molecule has 0 unspecified atom stereocenters. The Morgan fingerprint density at radius 1 is 1.19 bits per heavy atom. The van der Waals surface area contributed by atoms with Crippen LogP contribution in [0.25, 0.3) is 5.69 Å². The van der Waals surface area contributed by atoms with Crippen LogP contribution in [-0.4, -0.2) is 32.8 Å². The minimum absolute atomic E-state index is 0.0957. The van der Waals surface area contributed by atoms with Gasteiger partial charge in [0.25, 0.3) is 0 Å². The van der Waals surface area contributed by atoms with Gasteiger partial charge in [-0.3, -0.25) is 0 Å². The molecule has 1 aliphatic carbocycles. The zero-order valence-electron chi connectivity index (χ0n) is 14.5. The first-order valence-corrected chi connectivity index (χ1v) is 8.61. The summed E-state index contributed by atoms with van der Waals surface area (Å²) in [6.07, 6.45) is 3.76. The summed E-state index contributed by atoms with van der Waals surface area (Å²) in [5.74, 6) is 0. The fraction of sp³-hybridized carbons (Fsp3) is 0.263. The second kappa shape index (κ2) is 6.59. The predicted molar refractivity (Wildman–Crippen MR) is 98.3 cm³/mol. The lowest BCUT2D eigenvalue weighted by Gasteiger charge is -2.17. The number of anilines is 1. The molecule has 7 nitrogen and oxygen atoms in total. The van der Waals surface area contributed by atoms with Crippen LogP contribution in [0.1, 0.15) is 24.0 Å². The molecule has 1 saturated carbocycles. The van der Waals surface area contributed by atoms with Crippen LogP contribution in [0.3, 0.4) is 0 Å². The molecule has 0 saturated heterocycles. The summed E-state index contributed by atoms with van der Waals surface area (Å²) in [5.41, 5.74) is 3.97. The highest BCUT2D eigenvalue weighted by Crippen LogP contribution is 2.47. The maximum Gasteiger partial charge on any atom is 0.319 e. The highest BCUT2D eigenvalue weighted by atomic mass is 16.2. The summed E-state index contributed by atoms with van der Waals surface area (Å²) < 4.78 is 1.59. The van der Waals surface area contributed by atoms with Crippen LogP contribution in [0.2, 0.25) is 0 Å². The largest absolute Gasteiger partial charge is 0.337 e. The molecule has 0 radical (unpaired) electrons. The van der Waals surface area contributed by atoms with Gasteiger partial charge in [-0.1, -0.05) is 30.3 Å². The van der Waals surface area contributed by atoms with E-state index < -0.39 is 0 Å². The fourth-order valence-electron chi connectivity index (χ4n) is 3.20. The zero-order chi connectivity index (χ0) is 18.0. The van der Waals surface area contributed by atoms with E-state index in [0.717, 1.165) is 29.8 Å². The maximum atomic E-state index is 12.3. The van der Waals surface area contributed by atoms with E-state index in [-0.39, 0.29) is 11.4 Å². The molecule has 2 amide bonds. The van der Waals surface area contributed by atoms with Crippen LogP contribution in [-0.2, 0) is 5.41 Å². The number of rotatable bonds is 5. The smallest absolute Gasteiger partial charge is 0.319 e. The molecule has 26 heavy (non-hydrogen) atoms. The van der Waals surface area contributed by atoms with Gasteiger partial charge >= 0.3 is 6.03 Å². The van der Waals surface area contributed by atoms with Crippen LogP contribution in [0.5, 0.6) is 0 Å². The number of aryl methyl sites for hydroxylation is 1. The van der Waals surface area contributed by atoms with Crippen molar-refractivity contribution in [2.24, 2.45) is 0 Å². The lowest BCUT2D eigenvalue weighted by atomic mass is 9.96. The number of hydrogen-bond acceptors (Lipinski definition) is 4. The molecule has 1 aliphatic rings. The summed E-state index contributed by atoms with van der Waals surface area (Å²) in [7, 11) is 0. The van der Waals surface area contributed by atoms with Crippen molar-refractivity contribution in [3.8, 4) is 5.69 Å². The summed E-state index contributed by atoms with van der Waals surface area (Å²) in [4.78, 5) is 12.3. The van der Waals surface area contributed by atoms with Crippen molar-refractivity contribution in [1.29, 1.82) is 0 Å². The topological polar surface area (TPSA) is 84.7 Å². The molecule has 1 fully saturated rings. The van der Waals surface area contributed by atoms with E-state index in [1.807, 2.05) is 43.3 Å². The van der Waals surface area contributed by atoms with Crippen molar-refractivity contribution < 1.29 is 4.79 Å². The van der Waals surface area contributed by atoms with E-state index in [1.165, 1.54) is 5.56 Å². The monoisotopic (exact) mass is 348 g/mol. The van der Waals surface area contributed by atoms with Crippen LogP contribution >= 0.6 is 0 Å². The number of urea groups is 1. The molecule has 0 bridgehead atoms. The Hall–Kier alpha value is -3.22. The number of hydrogen-bond donors (Lipinski definition) is 2. The van der Waals surface area contributed by atoms with Gasteiger partial charge in [0.1, 0.15) is 6.33 Å². The fourth-order valence-corrected chi connectivity index (χ4v) is 3.20. The molecule has 0 atom stereocenters. The zero-order valence-corrected chi connectivity index (χ0v) is 14.5. The van der Waals surface area contributed by atoms with Gasteiger partial charge in [-0.15, -0.1) is 5.10 Å². The summed E-state index contributed by atoms with van der Waals surface area (Å²) in [5, 5.41) is 17.1. The van der Waals surface area contributed by atoms with Crippen LogP contribution in [0.4, 0.5) is 10.5 Å². The van der Waals surface area contributed by atoms with Crippen molar-refractivity contribution in [2.45, 2.75) is 25.2 Å². The van der Waals surface area contributed by atoms with Gasteiger partial charge in [-0.25, -0.2) is 9.48 Å². The molecule has 4 rings (SSSR count). The molecule has 2 N–H and O–H groups in total. The average Bonchev–Trinajstić information content (AvgIpc) is 3.26. The third-order valence-electron chi connectivity index (χ3n) is 4.88. The SMILES string of the molecule is Cc1cc(NC(=O)NCC2(c3ccccc3)CC2)ccc1-n1cnnn1. The number of aromatic nitrogens is 4. The summed E-state index contributed by atoms with van der Waals surface area (Å²) >= 11 is 0. The van der Waals surface area contributed by atoms with Gasteiger partial charge in [0, 0.05) is 17.6 Å². The first-order chi connectivity index (χ1) is 12.7. The highest BCUT2D eigenvalue weighted by molar-refractivity contribution is 5.89. The van der Waals surface area contributed by atoms with E-state index in [4.69, 9.17) is 0 Å². The van der Waals surface area contributed by atoms with Crippen molar-refractivity contribution in [3.05, 3.63) is 66.0 Å². The van der Waals surface area contributed by atoms with E-state index in [0.29, 0.717) is 6.54 Å². The number of carbonyl (C=O) groups excluding carboxylic acids is 1. The van der Waals surface area contributed by atoms with Crippen molar-refractivity contribution in [1.82, 2.24) is 25.5 Å². The Bertz CT molecular complexity index is 903. The molecule has 0 spiro atoms. The molecule has 1 heterocycles. The van der Waals surface area contributed by atoms with Crippen LogP contribution in [0, 0.1) is 6.92 Å². The predicted octanol–water partition coefficient (Wildman–Crippen LogP) is 2.82. The molecular formula is C19H20N6O. The Kier molecular flexibility index (Phi) is 4.12. The van der Waals surface area contributed by atoms with Gasteiger partial charge < -0.3 is 10.6 Å². The number of carbonyl (C=O) groups is 1. The second-order valence-electron chi connectivity index (χ2n) is 6.71. The first-order valence-electron chi connectivity index (χ1n) is 8.61. The Morgan fingerprint density at radius 3 is 2.65 bits per heavy atom. The third-order valence-corrected chi connectivity index (χ3v) is 4.88. The standard InChI is InChI=1S/C19H20N6O/c1-14-11-16(7-8-17(14)25-13-21-23-24-25)22-18(26)20-12-19(9-10-19)15-5-3-2-4-6-15/h2-8,11,13H,9-10,12H2,1H3,(H2,20,22,26). The molecular weight excluding hydrogens is 328 g/mol. The molecule has 1 aromatic heterocycles. The minimum atomic E-state index is -0.193. The first kappa shape index (κ1) is 16.3. The van der Waals surface area contributed by atoms with Gasteiger partial charge in [-0.2, -0.15) is 0 Å². The second-order valence-corrected chi connectivity index (χ2v) is 6.71. The number of benzene rings is 2. The van der Waals surface area contributed by atoms with Crippen LogP contribution in [0.15, 0.2) is 54.9 Å². The van der Waals surface area contributed by atoms with E-state index >= 15 is 0 Å². The van der Waals surface area contributed by atoms with Gasteiger partial charge in [0.15, 0.2) is 0 Å². The highest BCUT2D eigenvalue weighted by Gasteiger charge is 2.44. The van der Waals surface area contributed by atoms with Crippen molar-refractivity contribution in [3.63, 3.8) is 0 Å². The minimum Gasteiger partial charge on any atom is -0.337 e. The normalized spacial score (nSPS) is 14.7. The number of nitrogens with zero attached hydrogens (tertiary/aromatic N) is 4. The molecule has 3 aromatic rings.